The average molecular weight is 311 g/mol. The predicted molar refractivity (Wildman–Crippen MR) is 71.8 cm³/mol. The lowest BCUT2D eigenvalue weighted by Gasteiger charge is -2.14. The van der Waals surface area contributed by atoms with Crippen molar-refractivity contribution < 1.29 is 33.5 Å². The Morgan fingerprint density at radius 1 is 0.955 bits per heavy atom. The first-order valence-electron chi connectivity index (χ1n) is 6.00. The van der Waals surface area contributed by atoms with Crippen LogP contribution in [0.3, 0.4) is 0 Å². The molecule has 0 aliphatic carbocycles. The molecule has 0 radical (unpaired) electrons. The van der Waals surface area contributed by atoms with Gasteiger partial charge in [0.05, 0.1) is 11.0 Å². The molecule has 0 aromatic heterocycles. The minimum Gasteiger partial charge on any atom is -0.422 e. The van der Waals surface area contributed by atoms with Crippen molar-refractivity contribution in [2.24, 2.45) is 0 Å². The van der Waals surface area contributed by atoms with Gasteiger partial charge in [0.25, 0.3) is 0 Å². The quantitative estimate of drug-likeness (QED) is 0.356. The monoisotopic (exact) mass is 311 g/mol. The van der Waals surface area contributed by atoms with Crippen LogP contribution in [0.1, 0.15) is 26.3 Å². The third kappa shape index (κ3) is 4.01. The van der Waals surface area contributed by atoms with E-state index in [1.165, 1.54) is 6.92 Å². The summed E-state index contributed by atoms with van der Waals surface area (Å²) in [6, 6.07) is 0.852. The van der Waals surface area contributed by atoms with Crippen molar-refractivity contribution in [3.63, 3.8) is 0 Å². The van der Waals surface area contributed by atoms with E-state index in [1.54, 1.807) is 0 Å². The van der Waals surface area contributed by atoms with Crippen LogP contribution in [0, 0.1) is 17.0 Å². The Bertz CT molecular complexity index is 664. The van der Waals surface area contributed by atoms with Gasteiger partial charge >= 0.3 is 23.6 Å². The zero-order valence-corrected chi connectivity index (χ0v) is 12.3. The van der Waals surface area contributed by atoms with Gasteiger partial charge in [0, 0.05) is 26.3 Å². The number of nitro benzene ring substituents is 1. The van der Waals surface area contributed by atoms with Gasteiger partial charge in [-0.25, -0.2) is 0 Å². The Kier molecular flexibility index (Phi) is 5.17. The minimum atomic E-state index is -0.810. The highest BCUT2D eigenvalue weighted by molar-refractivity contribution is 5.79. The van der Waals surface area contributed by atoms with Gasteiger partial charge in [0.1, 0.15) is 0 Å². The minimum absolute atomic E-state index is 0.0177. The Labute approximate surface area is 124 Å². The lowest BCUT2D eigenvalue weighted by atomic mass is 10.1. The van der Waals surface area contributed by atoms with E-state index in [2.05, 4.69) is 0 Å². The van der Waals surface area contributed by atoms with Gasteiger partial charge in [-0.2, -0.15) is 0 Å². The summed E-state index contributed by atoms with van der Waals surface area (Å²) < 4.78 is 14.5. The van der Waals surface area contributed by atoms with Gasteiger partial charge < -0.3 is 14.2 Å². The zero-order chi connectivity index (χ0) is 17.0. The topological polar surface area (TPSA) is 122 Å². The maximum absolute atomic E-state index is 11.2. The largest absolute Gasteiger partial charge is 0.422 e. The number of benzene rings is 1. The highest BCUT2D eigenvalue weighted by atomic mass is 16.6. The molecule has 22 heavy (non-hydrogen) atoms. The van der Waals surface area contributed by atoms with Gasteiger partial charge in [-0.3, -0.25) is 24.5 Å². The zero-order valence-electron chi connectivity index (χ0n) is 12.3. The molecule has 0 fully saturated rings. The smallest absolute Gasteiger partial charge is 0.315 e. The van der Waals surface area contributed by atoms with Crippen LogP contribution in [0.25, 0.3) is 0 Å². The van der Waals surface area contributed by atoms with Gasteiger partial charge in [0.15, 0.2) is 11.5 Å². The Balaban J connectivity index is 3.63. The molecule has 0 N–H and O–H groups in total. The van der Waals surface area contributed by atoms with Gasteiger partial charge in [-0.1, -0.05) is 0 Å². The van der Waals surface area contributed by atoms with Crippen LogP contribution in [0.15, 0.2) is 6.07 Å². The molecule has 1 aromatic rings. The first-order valence-corrected chi connectivity index (χ1v) is 6.00. The maximum Gasteiger partial charge on any atom is 0.315 e. The van der Waals surface area contributed by atoms with Crippen LogP contribution in [0.5, 0.6) is 17.2 Å². The predicted octanol–water partition coefficient (Wildman–Crippen LogP) is 1.68. The summed E-state index contributed by atoms with van der Waals surface area (Å²) in [7, 11) is 0. The Hall–Kier alpha value is -2.97. The molecule has 1 rings (SSSR count). The molecule has 0 aliphatic heterocycles. The molecule has 0 unspecified atom stereocenters. The number of nitro groups is 1. The summed E-state index contributed by atoms with van der Waals surface area (Å²) in [5.74, 6) is -3.22. The fourth-order valence-corrected chi connectivity index (χ4v) is 1.64. The summed E-state index contributed by atoms with van der Waals surface area (Å²) >= 11 is 0. The van der Waals surface area contributed by atoms with Crippen molar-refractivity contribution in [3.05, 3.63) is 21.7 Å². The van der Waals surface area contributed by atoms with Crippen LogP contribution >= 0.6 is 0 Å². The first kappa shape index (κ1) is 17.1. The molecule has 118 valence electrons. The van der Waals surface area contributed by atoms with E-state index < -0.39 is 28.5 Å². The maximum atomic E-state index is 11.2. The van der Waals surface area contributed by atoms with Crippen molar-refractivity contribution in [1.82, 2.24) is 0 Å². The molecule has 1 aromatic carbocycles. The molecule has 9 heteroatoms. The highest BCUT2D eigenvalue weighted by Gasteiger charge is 2.28. The van der Waals surface area contributed by atoms with E-state index >= 15 is 0 Å². The molecular formula is C13H13NO8. The molecule has 0 heterocycles. The summed E-state index contributed by atoms with van der Waals surface area (Å²) in [5, 5.41) is 11.1. The lowest BCUT2D eigenvalue weighted by molar-refractivity contribution is -0.385. The number of hydrogen-bond acceptors (Lipinski definition) is 8. The van der Waals surface area contributed by atoms with Crippen molar-refractivity contribution in [3.8, 4) is 17.2 Å². The number of ether oxygens (including phenoxy) is 3. The summed E-state index contributed by atoms with van der Waals surface area (Å²) in [4.78, 5) is 43.6. The van der Waals surface area contributed by atoms with E-state index in [0.717, 1.165) is 26.8 Å². The number of carbonyl (C=O) groups excluding carboxylic acids is 3. The first-order chi connectivity index (χ1) is 10.1. The number of rotatable bonds is 4. The number of carbonyl (C=O) groups is 3. The molecule has 0 atom stereocenters. The molecule has 0 saturated carbocycles. The molecular weight excluding hydrogens is 298 g/mol. The van der Waals surface area contributed by atoms with E-state index in [4.69, 9.17) is 14.2 Å². The number of nitrogens with zero attached hydrogens (tertiary/aromatic N) is 1. The molecule has 0 saturated heterocycles. The fourth-order valence-electron chi connectivity index (χ4n) is 1.64. The second-order valence-electron chi connectivity index (χ2n) is 4.22. The van der Waals surface area contributed by atoms with Crippen molar-refractivity contribution >= 4 is 23.6 Å². The van der Waals surface area contributed by atoms with Crippen LogP contribution < -0.4 is 14.2 Å². The van der Waals surface area contributed by atoms with Crippen LogP contribution in [-0.4, -0.2) is 22.8 Å². The second kappa shape index (κ2) is 6.66. The second-order valence-corrected chi connectivity index (χ2v) is 4.22. The summed E-state index contributed by atoms with van der Waals surface area (Å²) in [6.45, 7) is 4.58. The van der Waals surface area contributed by atoms with Crippen molar-refractivity contribution in [1.29, 1.82) is 0 Å². The normalized spacial score (nSPS) is 9.82. The number of esters is 3. The number of hydrogen-bond donors (Lipinski definition) is 0. The van der Waals surface area contributed by atoms with Crippen molar-refractivity contribution in [2.45, 2.75) is 27.7 Å². The van der Waals surface area contributed by atoms with Crippen LogP contribution in [0.2, 0.25) is 0 Å². The lowest BCUT2D eigenvalue weighted by Crippen LogP contribution is -2.12. The molecule has 0 spiro atoms. The third-order valence-corrected chi connectivity index (χ3v) is 2.35. The SMILES string of the molecule is CC(=O)Oc1cc([N+](=O)[O-])c(OC(C)=O)c(C)c1OC(C)=O. The Morgan fingerprint density at radius 2 is 1.41 bits per heavy atom. The standard InChI is InChI=1S/C13H13NO8/c1-6-12(21-8(3)16)10(14(18)19)5-11(20-7(2)15)13(6)22-9(4)17/h5H,1-4H3. The van der Waals surface area contributed by atoms with E-state index in [0.29, 0.717) is 0 Å². The molecule has 9 nitrogen and oxygen atoms in total. The van der Waals surface area contributed by atoms with E-state index in [9.17, 15) is 24.5 Å². The molecule has 0 bridgehead atoms. The molecule has 0 aliphatic rings. The Morgan fingerprint density at radius 3 is 1.82 bits per heavy atom. The summed E-state index contributed by atoms with van der Waals surface area (Å²) in [6.07, 6.45) is 0. The van der Waals surface area contributed by atoms with E-state index in [1.807, 2.05) is 0 Å². The van der Waals surface area contributed by atoms with Gasteiger partial charge in [-0.05, 0) is 6.92 Å². The highest BCUT2D eigenvalue weighted by Crippen LogP contribution is 2.44. The molecule has 0 amide bonds. The van der Waals surface area contributed by atoms with Gasteiger partial charge in [-0.15, -0.1) is 0 Å². The van der Waals surface area contributed by atoms with E-state index in [-0.39, 0.29) is 22.8 Å². The van der Waals surface area contributed by atoms with Crippen LogP contribution in [-0.2, 0) is 14.4 Å². The third-order valence-electron chi connectivity index (χ3n) is 2.35. The van der Waals surface area contributed by atoms with Crippen molar-refractivity contribution in [2.75, 3.05) is 0 Å². The van der Waals surface area contributed by atoms with Gasteiger partial charge in [0.2, 0.25) is 5.75 Å². The van der Waals surface area contributed by atoms with Crippen LogP contribution in [0.4, 0.5) is 5.69 Å². The average Bonchev–Trinajstić information content (AvgIpc) is 2.35. The summed E-state index contributed by atoms with van der Waals surface area (Å²) in [5.41, 5.74) is -0.615. The fraction of sp³-hybridized carbons (Fsp3) is 0.308.